The van der Waals surface area contributed by atoms with Crippen molar-refractivity contribution in [3.63, 3.8) is 0 Å². The van der Waals surface area contributed by atoms with Gasteiger partial charge in [-0.15, -0.1) is 5.10 Å². The fourth-order valence-electron chi connectivity index (χ4n) is 4.47. The summed E-state index contributed by atoms with van der Waals surface area (Å²) >= 11 is 0. The van der Waals surface area contributed by atoms with E-state index in [1.807, 2.05) is 24.4 Å². The van der Waals surface area contributed by atoms with E-state index in [9.17, 15) is 0 Å². The Morgan fingerprint density at radius 1 is 1.13 bits per heavy atom. The van der Waals surface area contributed by atoms with Gasteiger partial charge in [-0.25, -0.2) is 19.9 Å². The van der Waals surface area contributed by atoms with E-state index >= 15 is 0 Å². The van der Waals surface area contributed by atoms with Crippen molar-refractivity contribution >= 4 is 22.5 Å². The van der Waals surface area contributed by atoms with Crippen LogP contribution in [0.1, 0.15) is 47.6 Å². The molecule has 6 rings (SSSR count). The number of nitrogens with two attached hydrogens (primary N) is 1. The highest BCUT2D eigenvalue weighted by molar-refractivity contribution is 5.95. The smallest absolute Gasteiger partial charge is 0.223 e. The highest BCUT2D eigenvalue weighted by Gasteiger charge is 2.36. The molecule has 1 fully saturated rings. The van der Waals surface area contributed by atoms with E-state index in [1.165, 1.54) is 11.3 Å². The number of hydrogen-bond acceptors (Lipinski definition) is 8. The van der Waals surface area contributed by atoms with Gasteiger partial charge in [0.05, 0.1) is 7.11 Å². The molecule has 9 heteroatoms. The summed E-state index contributed by atoms with van der Waals surface area (Å²) in [5, 5.41) is 8.91. The number of benzene rings is 1. The number of ether oxygens (including phenoxy) is 1. The Labute approximate surface area is 172 Å². The van der Waals surface area contributed by atoms with Gasteiger partial charge in [-0.2, -0.15) is 4.52 Å². The fraction of sp³-hybridized carbons (Fsp3) is 0.381. The van der Waals surface area contributed by atoms with Crippen LogP contribution in [-0.2, 0) is 13.0 Å². The van der Waals surface area contributed by atoms with E-state index in [1.54, 1.807) is 11.6 Å². The second-order valence-corrected chi connectivity index (χ2v) is 8.02. The van der Waals surface area contributed by atoms with Crippen LogP contribution >= 0.6 is 0 Å². The van der Waals surface area contributed by atoms with Gasteiger partial charge in [0, 0.05) is 54.2 Å². The third-order valence-corrected chi connectivity index (χ3v) is 6.22. The van der Waals surface area contributed by atoms with E-state index in [2.05, 4.69) is 20.4 Å². The lowest BCUT2D eigenvalue weighted by atomic mass is 9.74. The Morgan fingerprint density at radius 3 is 2.87 bits per heavy atom. The van der Waals surface area contributed by atoms with Crippen molar-refractivity contribution in [1.29, 1.82) is 0 Å². The van der Waals surface area contributed by atoms with Crippen molar-refractivity contribution in [1.82, 2.24) is 34.9 Å². The summed E-state index contributed by atoms with van der Waals surface area (Å²) < 4.78 is 7.06. The van der Waals surface area contributed by atoms with Crippen LogP contribution in [0.5, 0.6) is 5.75 Å². The minimum absolute atomic E-state index is 0.274. The van der Waals surface area contributed by atoms with Gasteiger partial charge in [-0.1, -0.05) is 6.07 Å². The maximum atomic E-state index is 6.17. The summed E-state index contributed by atoms with van der Waals surface area (Å²) in [5.74, 6) is 3.37. The molecule has 1 saturated carbocycles. The Kier molecular flexibility index (Phi) is 3.85. The van der Waals surface area contributed by atoms with Gasteiger partial charge in [0.2, 0.25) is 5.95 Å². The summed E-state index contributed by atoms with van der Waals surface area (Å²) in [5.41, 5.74) is 9.99. The summed E-state index contributed by atoms with van der Waals surface area (Å²) in [4.78, 5) is 18.8. The lowest BCUT2D eigenvalue weighted by Crippen LogP contribution is -2.27. The first-order valence-corrected chi connectivity index (χ1v) is 10.3. The molecule has 1 aromatic carbocycles. The number of rotatable bonds is 3. The van der Waals surface area contributed by atoms with Crippen molar-refractivity contribution in [2.24, 2.45) is 0 Å². The molecule has 0 spiro atoms. The molecule has 152 valence electrons. The van der Waals surface area contributed by atoms with Gasteiger partial charge in [-0.05, 0) is 25.0 Å². The molecule has 0 radical (unpaired) electrons. The first kappa shape index (κ1) is 17.5. The van der Waals surface area contributed by atoms with Crippen LogP contribution in [0.3, 0.4) is 0 Å². The number of anilines is 1. The molecule has 0 unspecified atom stereocenters. The number of aromatic nitrogens is 6. The van der Waals surface area contributed by atoms with Crippen LogP contribution in [-0.4, -0.2) is 43.2 Å². The van der Waals surface area contributed by atoms with Crippen molar-refractivity contribution in [2.75, 3.05) is 19.4 Å². The molecule has 0 bridgehead atoms. The topological polar surface area (TPSA) is 116 Å². The SMILES string of the molecule is COc1cccc2c1nc(N)n1nc([C@H]3C[C@@H](c4ncc5c(n4)CCNC5)C3)nc21. The molecule has 2 aliphatic rings. The number of methoxy groups -OCH3 is 1. The number of nitrogens with one attached hydrogen (secondary N) is 1. The molecule has 0 amide bonds. The van der Waals surface area contributed by atoms with Gasteiger partial charge < -0.3 is 15.8 Å². The predicted octanol–water partition coefficient (Wildman–Crippen LogP) is 1.97. The highest BCUT2D eigenvalue weighted by Crippen LogP contribution is 2.46. The average Bonchev–Trinajstić information content (AvgIpc) is 3.18. The van der Waals surface area contributed by atoms with E-state index in [-0.39, 0.29) is 5.92 Å². The maximum absolute atomic E-state index is 6.17. The molecule has 0 saturated heterocycles. The van der Waals surface area contributed by atoms with Gasteiger partial charge in [0.15, 0.2) is 11.5 Å². The fourth-order valence-corrected chi connectivity index (χ4v) is 4.47. The number of hydrogen-bond donors (Lipinski definition) is 2. The van der Waals surface area contributed by atoms with Crippen LogP contribution in [0.25, 0.3) is 16.6 Å². The van der Waals surface area contributed by atoms with Crippen LogP contribution in [0, 0.1) is 0 Å². The van der Waals surface area contributed by atoms with Crippen molar-refractivity contribution in [3.05, 3.63) is 47.3 Å². The molecule has 4 aromatic rings. The standard InChI is InChI=1S/C21H22N8O/c1-30-16-4-2-3-14-17(16)26-21(22)29-20(14)27-19(28-29)12-7-11(8-12)18-24-10-13-9-23-6-5-15(13)25-18/h2-4,10-12,23H,5-9H2,1H3,(H2,22,26)/t11-,12+. The number of nitrogen functional groups attached to an aromatic ring is 1. The summed E-state index contributed by atoms with van der Waals surface area (Å²) in [6.45, 7) is 1.85. The van der Waals surface area contributed by atoms with Crippen LogP contribution in [0.15, 0.2) is 24.4 Å². The molecule has 9 nitrogen and oxygen atoms in total. The zero-order valence-corrected chi connectivity index (χ0v) is 16.7. The Bertz CT molecular complexity index is 1280. The third kappa shape index (κ3) is 2.62. The maximum Gasteiger partial charge on any atom is 0.223 e. The van der Waals surface area contributed by atoms with Gasteiger partial charge in [0.1, 0.15) is 17.1 Å². The molecular formula is C21H22N8O. The lowest BCUT2D eigenvalue weighted by Gasteiger charge is -2.32. The molecular weight excluding hydrogens is 380 g/mol. The van der Waals surface area contributed by atoms with Gasteiger partial charge in [0.25, 0.3) is 0 Å². The van der Waals surface area contributed by atoms with Crippen molar-refractivity contribution < 1.29 is 4.74 Å². The predicted molar refractivity (Wildman–Crippen MR) is 111 cm³/mol. The first-order chi connectivity index (χ1) is 14.7. The van der Waals surface area contributed by atoms with Gasteiger partial charge >= 0.3 is 0 Å². The number of fused-ring (bicyclic) bond motifs is 4. The summed E-state index contributed by atoms with van der Waals surface area (Å²) in [6, 6.07) is 5.76. The van der Waals surface area contributed by atoms with Crippen LogP contribution in [0.2, 0.25) is 0 Å². The number of para-hydroxylation sites is 1. The molecule has 3 aromatic heterocycles. The normalized spacial score (nSPS) is 20.8. The highest BCUT2D eigenvalue weighted by atomic mass is 16.5. The van der Waals surface area contributed by atoms with E-state index < -0.39 is 0 Å². The van der Waals surface area contributed by atoms with E-state index in [0.717, 1.165) is 49.4 Å². The van der Waals surface area contributed by atoms with Crippen molar-refractivity contribution in [2.45, 2.75) is 37.6 Å². The quantitative estimate of drug-likeness (QED) is 0.534. The van der Waals surface area contributed by atoms with Crippen molar-refractivity contribution in [3.8, 4) is 5.75 Å². The molecule has 4 heterocycles. The zero-order valence-electron chi connectivity index (χ0n) is 16.7. The Balaban J connectivity index is 1.30. The van der Waals surface area contributed by atoms with Gasteiger partial charge in [-0.3, -0.25) is 0 Å². The summed E-state index contributed by atoms with van der Waals surface area (Å²) in [6.07, 6.45) is 4.84. The first-order valence-electron chi connectivity index (χ1n) is 10.3. The monoisotopic (exact) mass is 402 g/mol. The average molecular weight is 402 g/mol. The zero-order chi connectivity index (χ0) is 20.2. The molecule has 1 aliphatic heterocycles. The Morgan fingerprint density at radius 2 is 2.00 bits per heavy atom. The van der Waals surface area contributed by atoms with Crippen LogP contribution in [0.4, 0.5) is 5.95 Å². The second-order valence-electron chi connectivity index (χ2n) is 8.02. The Hall–Kier alpha value is -3.33. The second kappa shape index (κ2) is 6.60. The molecule has 3 N–H and O–H groups in total. The largest absolute Gasteiger partial charge is 0.494 e. The third-order valence-electron chi connectivity index (χ3n) is 6.22. The molecule has 1 aliphatic carbocycles. The molecule has 0 atom stereocenters. The molecule has 30 heavy (non-hydrogen) atoms. The minimum atomic E-state index is 0.274. The lowest BCUT2D eigenvalue weighted by molar-refractivity contribution is 0.324. The summed E-state index contributed by atoms with van der Waals surface area (Å²) in [7, 11) is 1.62. The minimum Gasteiger partial charge on any atom is -0.494 e. The van der Waals surface area contributed by atoms with E-state index in [0.29, 0.717) is 28.8 Å². The number of nitrogens with zero attached hydrogens (tertiary/aromatic N) is 6. The van der Waals surface area contributed by atoms with E-state index in [4.69, 9.17) is 20.4 Å². The van der Waals surface area contributed by atoms with Crippen LogP contribution < -0.4 is 15.8 Å².